The van der Waals surface area contributed by atoms with Crippen molar-refractivity contribution in [2.24, 2.45) is 0 Å². The van der Waals surface area contributed by atoms with E-state index in [0.29, 0.717) is 11.0 Å². The Balaban J connectivity index is 1.73. The van der Waals surface area contributed by atoms with Gasteiger partial charge in [-0.1, -0.05) is 0 Å². The number of carbonyl (C=O) groups is 1. The van der Waals surface area contributed by atoms with Gasteiger partial charge in [-0.25, -0.2) is 9.18 Å². The number of furan rings is 1. The number of hydrogen-bond acceptors (Lipinski definition) is 6. The molecule has 8 nitrogen and oxygen atoms in total. The Bertz CT molecular complexity index is 859. The van der Waals surface area contributed by atoms with Gasteiger partial charge in [-0.15, -0.1) is 0 Å². The molecule has 9 heteroatoms. The number of piperidine rings is 1. The highest BCUT2D eigenvalue weighted by molar-refractivity contribution is 5.85. The lowest BCUT2D eigenvalue weighted by Crippen LogP contribution is -2.50. The molecular formula is C18H21FN2O6. The Kier molecular flexibility index (Phi) is 4.95. The second-order valence-corrected chi connectivity index (χ2v) is 7.43. The number of hydrogen-bond donors (Lipinski definition) is 0. The topological polar surface area (TPSA) is 95.0 Å². The number of amides is 1. The summed E-state index contributed by atoms with van der Waals surface area (Å²) in [5.74, 6) is 0.113. The molecular weight excluding hydrogens is 359 g/mol. The number of likely N-dealkylation sites (tertiary alicyclic amines) is 1. The molecule has 2 heterocycles. The fourth-order valence-electron chi connectivity index (χ4n) is 2.90. The van der Waals surface area contributed by atoms with Crippen LogP contribution >= 0.6 is 0 Å². The van der Waals surface area contributed by atoms with E-state index in [1.807, 2.05) is 0 Å². The number of nitrogens with zero attached hydrogens (tertiary/aromatic N) is 2. The summed E-state index contributed by atoms with van der Waals surface area (Å²) in [6.07, 6.45) is -1.27. The van der Waals surface area contributed by atoms with Crippen molar-refractivity contribution in [3.8, 4) is 5.75 Å². The molecule has 2 aromatic rings. The van der Waals surface area contributed by atoms with E-state index < -0.39 is 28.9 Å². The van der Waals surface area contributed by atoms with Gasteiger partial charge in [0.05, 0.1) is 23.8 Å². The fraction of sp³-hybridized carbons (Fsp3) is 0.500. The Morgan fingerprint density at radius 3 is 2.78 bits per heavy atom. The molecule has 0 N–H and O–H groups in total. The molecule has 0 aliphatic carbocycles. The molecule has 1 aromatic carbocycles. The highest BCUT2D eigenvalue weighted by Gasteiger charge is 2.35. The van der Waals surface area contributed by atoms with E-state index in [1.54, 1.807) is 26.8 Å². The van der Waals surface area contributed by atoms with E-state index in [-0.39, 0.29) is 30.9 Å². The van der Waals surface area contributed by atoms with Crippen LogP contribution in [0.25, 0.3) is 11.0 Å². The maximum atomic E-state index is 14.6. The predicted octanol–water partition coefficient (Wildman–Crippen LogP) is 4.07. The van der Waals surface area contributed by atoms with Gasteiger partial charge in [-0.2, -0.15) is 0 Å². The first-order valence-corrected chi connectivity index (χ1v) is 8.58. The lowest BCUT2D eigenvalue weighted by molar-refractivity contribution is -0.384. The molecule has 2 atom stereocenters. The van der Waals surface area contributed by atoms with Crippen molar-refractivity contribution in [3.05, 3.63) is 34.6 Å². The van der Waals surface area contributed by atoms with E-state index in [0.717, 1.165) is 0 Å². The fourth-order valence-corrected chi connectivity index (χ4v) is 2.90. The second-order valence-electron chi connectivity index (χ2n) is 7.43. The van der Waals surface area contributed by atoms with E-state index in [2.05, 4.69) is 0 Å². The average molecular weight is 380 g/mol. The Labute approximate surface area is 155 Å². The van der Waals surface area contributed by atoms with E-state index in [1.165, 1.54) is 23.3 Å². The molecule has 0 radical (unpaired) electrons. The van der Waals surface area contributed by atoms with Gasteiger partial charge < -0.3 is 18.8 Å². The summed E-state index contributed by atoms with van der Waals surface area (Å²) in [6, 6.07) is 4.16. The molecule has 0 spiro atoms. The third kappa shape index (κ3) is 4.29. The van der Waals surface area contributed by atoms with Gasteiger partial charge in [-0.05, 0) is 26.8 Å². The van der Waals surface area contributed by atoms with Gasteiger partial charge in [-0.3, -0.25) is 10.1 Å². The van der Waals surface area contributed by atoms with Crippen molar-refractivity contribution in [1.82, 2.24) is 4.90 Å². The summed E-state index contributed by atoms with van der Waals surface area (Å²) in [6.45, 7) is 5.31. The first kappa shape index (κ1) is 18.9. The van der Waals surface area contributed by atoms with Crippen LogP contribution in [-0.2, 0) is 4.74 Å². The molecule has 1 aliphatic heterocycles. The van der Waals surface area contributed by atoms with Gasteiger partial charge in [0.25, 0.3) is 5.69 Å². The third-order valence-electron chi connectivity index (χ3n) is 4.12. The van der Waals surface area contributed by atoms with Gasteiger partial charge in [0.15, 0.2) is 17.5 Å². The van der Waals surface area contributed by atoms with E-state index in [9.17, 15) is 19.3 Å². The minimum atomic E-state index is -1.46. The van der Waals surface area contributed by atoms with Crippen LogP contribution in [0, 0.1) is 10.1 Å². The Morgan fingerprint density at radius 1 is 1.41 bits per heavy atom. The van der Waals surface area contributed by atoms with Crippen LogP contribution in [0.2, 0.25) is 0 Å². The van der Waals surface area contributed by atoms with Gasteiger partial charge >= 0.3 is 6.09 Å². The third-order valence-corrected chi connectivity index (χ3v) is 4.12. The van der Waals surface area contributed by atoms with Crippen LogP contribution in [0.1, 0.15) is 27.2 Å². The van der Waals surface area contributed by atoms with Crippen LogP contribution in [-0.4, -0.2) is 46.9 Å². The highest BCUT2D eigenvalue weighted by atomic mass is 19.1. The molecule has 1 fully saturated rings. The van der Waals surface area contributed by atoms with Crippen molar-refractivity contribution >= 4 is 22.7 Å². The van der Waals surface area contributed by atoms with Gasteiger partial charge in [0.2, 0.25) is 0 Å². The van der Waals surface area contributed by atoms with Gasteiger partial charge in [0.1, 0.15) is 11.7 Å². The Morgan fingerprint density at radius 2 is 2.15 bits per heavy atom. The maximum Gasteiger partial charge on any atom is 0.410 e. The minimum absolute atomic E-state index is 0.113. The maximum absolute atomic E-state index is 14.6. The van der Waals surface area contributed by atoms with Crippen molar-refractivity contribution < 1.29 is 28.0 Å². The average Bonchev–Trinajstić information content (AvgIpc) is 3.03. The molecule has 0 unspecified atom stereocenters. The number of carbonyl (C=O) groups excluding carboxylic acids is 1. The number of non-ortho nitro benzene ring substituents is 1. The van der Waals surface area contributed by atoms with E-state index >= 15 is 0 Å². The van der Waals surface area contributed by atoms with E-state index in [4.69, 9.17) is 13.9 Å². The summed E-state index contributed by atoms with van der Waals surface area (Å²) >= 11 is 0. The molecule has 0 bridgehead atoms. The van der Waals surface area contributed by atoms with Crippen molar-refractivity contribution in [3.63, 3.8) is 0 Å². The smallest absolute Gasteiger partial charge is 0.410 e. The van der Waals surface area contributed by atoms with Crippen LogP contribution < -0.4 is 4.74 Å². The zero-order valence-corrected chi connectivity index (χ0v) is 15.3. The predicted molar refractivity (Wildman–Crippen MR) is 94.6 cm³/mol. The van der Waals surface area contributed by atoms with Crippen molar-refractivity contribution in [2.45, 2.75) is 45.1 Å². The zero-order valence-electron chi connectivity index (χ0n) is 15.3. The number of alkyl halides is 1. The summed E-state index contributed by atoms with van der Waals surface area (Å²) in [4.78, 5) is 23.9. The Hall–Kier alpha value is -2.84. The van der Waals surface area contributed by atoms with Crippen molar-refractivity contribution in [1.29, 1.82) is 0 Å². The first-order valence-electron chi connectivity index (χ1n) is 8.58. The lowest BCUT2D eigenvalue weighted by atomic mass is 10.1. The number of nitro benzene ring substituents is 1. The number of halogens is 1. The summed E-state index contributed by atoms with van der Waals surface area (Å²) < 4.78 is 30.9. The zero-order chi connectivity index (χ0) is 19.8. The molecule has 1 aromatic heterocycles. The standard InChI is InChI=1S/C18H21FN2O6/c1-18(2,3)27-17(22)20-6-4-14(13(19)10-20)26-15-9-12(21(23)24)8-11-5-7-25-16(11)15/h5,7-9,13-14H,4,6,10H2,1-3H3/t13-,14+/m1/s1. The number of fused-ring (bicyclic) bond motifs is 1. The number of ether oxygens (including phenoxy) is 2. The van der Waals surface area contributed by atoms with Crippen LogP contribution in [0.4, 0.5) is 14.9 Å². The molecule has 146 valence electrons. The monoisotopic (exact) mass is 380 g/mol. The van der Waals surface area contributed by atoms with Crippen molar-refractivity contribution in [2.75, 3.05) is 13.1 Å². The molecule has 27 heavy (non-hydrogen) atoms. The summed E-state index contributed by atoms with van der Waals surface area (Å²) in [7, 11) is 0. The molecule has 1 aliphatic rings. The lowest BCUT2D eigenvalue weighted by Gasteiger charge is -2.35. The largest absolute Gasteiger partial charge is 0.483 e. The minimum Gasteiger partial charge on any atom is -0.483 e. The second kappa shape index (κ2) is 7.05. The van der Waals surface area contributed by atoms with Crippen LogP contribution in [0.5, 0.6) is 5.75 Å². The number of rotatable bonds is 3. The highest BCUT2D eigenvalue weighted by Crippen LogP contribution is 2.34. The normalized spacial score (nSPS) is 20.5. The first-order chi connectivity index (χ1) is 12.6. The summed E-state index contributed by atoms with van der Waals surface area (Å²) in [5, 5.41) is 11.6. The molecule has 1 saturated heterocycles. The van der Waals surface area contributed by atoms with Crippen LogP contribution in [0.3, 0.4) is 0 Å². The van der Waals surface area contributed by atoms with Crippen LogP contribution in [0.15, 0.2) is 28.9 Å². The molecule has 1 amide bonds. The number of benzene rings is 1. The molecule has 0 saturated carbocycles. The quantitative estimate of drug-likeness (QED) is 0.588. The SMILES string of the molecule is CC(C)(C)OC(=O)N1CC[C@H](Oc2cc([N+](=O)[O-])cc3ccoc23)[C@H](F)C1. The summed E-state index contributed by atoms with van der Waals surface area (Å²) in [5.41, 5.74) is -0.507. The number of nitro groups is 1. The molecule has 3 rings (SSSR count). The van der Waals surface area contributed by atoms with Gasteiger partial charge in [0, 0.05) is 24.4 Å².